The van der Waals surface area contributed by atoms with E-state index >= 15 is 0 Å². The first-order valence-corrected chi connectivity index (χ1v) is 8.03. The molecule has 3 rings (SSSR count). The van der Waals surface area contributed by atoms with Crippen LogP contribution < -0.4 is 5.73 Å². The van der Waals surface area contributed by atoms with Gasteiger partial charge in [-0.2, -0.15) is 4.31 Å². The summed E-state index contributed by atoms with van der Waals surface area (Å²) in [5.41, 5.74) is 4.39. The van der Waals surface area contributed by atoms with Crippen LogP contribution in [0.3, 0.4) is 0 Å². The molecule has 2 aliphatic rings. The van der Waals surface area contributed by atoms with E-state index < -0.39 is 21.6 Å². The topological polar surface area (TPSA) is 121 Å². The number of rotatable bonds is 4. The summed E-state index contributed by atoms with van der Waals surface area (Å²) in [6.07, 6.45) is 1.82. The minimum absolute atomic E-state index is 0.0173. The Hall–Kier alpha value is -1.64. The first-order valence-electron chi connectivity index (χ1n) is 6.59. The van der Waals surface area contributed by atoms with Crippen molar-refractivity contribution in [3.63, 3.8) is 0 Å². The van der Waals surface area contributed by atoms with E-state index in [0.29, 0.717) is 0 Å². The van der Waals surface area contributed by atoms with Crippen LogP contribution in [0.4, 0.5) is 5.69 Å². The largest absolute Gasteiger partial charge is 0.478 e. The number of hydrogen-bond acceptors (Lipinski definition) is 5. The quantitative estimate of drug-likeness (QED) is 0.679. The Bertz CT molecular complexity index is 705. The third-order valence-corrected chi connectivity index (χ3v) is 5.94. The van der Waals surface area contributed by atoms with Gasteiger partial charge in [-0.25, -0.2) is 13.2 Å². The van der Waals surface area contributed by atoms with Crippen molar-refractivity contribution in [1.29, 1.82) is 0 Å². The van der Waals surface area contributed by atoms with Gasteiger partial charge in [-0.05, 0) is 37.0 Å². The van der Waals surface area contributed by atoms with Crippen molar-refractivity contribution in [1.82, 2.24) is 4.31 Å². The molecule has 1 aliphatic carbocycles. The van der Waals surface area contributed by atoms with Crippen LogP contribution >= 0.6 is 0 Å². The van der Waals surface area contributed by atoms with E-state index in [1.54, 1.807) is 0 Å². The highest BCUT2D eigenvalue weighted by atomic mass is 32.2. The molecule has 1 saturated carbocycles. The maximum atomic E-state index is 12.5. The lowest BCUT2D eigenvalue weighted by molar-refractivity contribution is -0.0764. The Balaban J connectivity index is 1.91. The Morgan fingerprint density at radius 2 is 1.95 bits per heavy atom. The molecule has 1 aliphatic heterocycles. The molecular weight excluding hydrogens is 296 g/mol. The van der Waals surface area contributed by atoms with E-state index in [9.17, 15) is 18.3 Å². The molecule has 8 heteroatoms. The highest BCUT2D eigenvalue weighted by Crippen LogP contribution is 2.46. The molecule has 4 N–H and O–H groups in total. The molecule has 0 bridgehead atoms. The normalized spacial score (nSPS) is 21.8. The fourth-order valence-electron chi connectivity index (χ4n) is 2.69. The van der Waals surface area contributed by atoms with Crippen LogP contribution in [0.1, 0.15) is 23.2 Å². The predicted octanol–water partition coefficient (Wildman–Crippen LogP) is 0.112. The van der Waals surface area contributed by atoms with Crippen LogP contribution in [0.2, 0.25) is 0 Å². The highest BCUT2D eigenvalue weighted by molar-refractivity contribution is 7.89. The Morgan fingerprint density at radius 3 is 2.48 bits per heavy atom. The number of carbonyl (C=O) groups is 1. The fraction of sp³-hybridized carbons (Fsp3) is 0.462. The molecule has 2 fully saturated rings. The zero-order valence-corrected chi connectivity index (χ0v) is 12.0. The Kier molecular flexibility index (Phi) is 3.01. The number of benzene rings is 1. The summed E-state index contributed by atoms with van der Waals surface area (Å²) in [5.74, 6) is -1.19. The van der Waals surface area contributed by atoms with Crippen LogP contribution in [-0.4, -0.2) is 47.6 Å². The van der Waals surface area contributed by atoms with Gasteiger partial charge in [0.25, 0.3) is 0 Å². The van der Waals surface area contributed by atoms with Crippen molar-refractivity contribution in [3.05, 3.63) is 23.8 Å². The Labute approximate surface area is 122 Å². The minimum Gasteiger partial charge on any atom is -0.478 e. The standard InChI is InChI=1S/C13H16N2O5S/c14-9-3-4-11(10(5-9)12(16)17)21(19,20)15-6-13(18,7-15)8-1-2-8/h3-5,8,18H,1-2,6-7,14H2,(H,16,17). The fourth-order valence-corrected chi connectivity index (χ4v) is 4.42. The van der Waals surface area contributed by atoms with Gasteiger partial charge in [-0.15, -0.1) is 0 Å². The molecule has 0 aromatic heterocycles. The SMILES string of the molecule is Nc1ccc(S(=O)(=O)N2CC(O)(C3CC3)C2)c(C(=O)O)c1. The number of nitrogens with two attached hydrogens (primary N) is 1. The summed E-state index contributed by atoms with van der Waals surface area (Å²) in [4.78, 5) is 10.9. The molecular formula is C13H16N2O5S. The molecule has 114 valence electrons. The van der Waals surface area contributed by atoms with Crippen LogP contribution in [0.15, 0.2) is 23.1 Å². The molecule has 21 heavy (non-hydrogen) atoms. The summed E-state index contributed by atoms with van der Waals surface area (Å²) in [6, 6.07) is 3.68. The van der Waals surface area contributed by atoms with Crippen molar-refractivity contribution in [2.75, 3.05) is 18.8 Å². The van der Waals surface area contributed by atoms with E-state index in [-0.39, 0.29) is 35.2 Å². The molecule has 1 saturated heterocycles. The summed E-state index contributed by atoms with van der Waals surface area (Å²) in [6.45, 7) is 0.0346. The maximum Gasteiger partial charge on any atom is 0.337 e. The van der Waals surface area contributed by atoms with E-state index in [2.05, 4.69) is 0 Å². The van der Waals surface area contributed by atoms with Gasteiger partial charge < -0.3 is 15.9 Å². The third kappa shape index (κ3) is 2.29. The summed E-state index contributed by atoms with van der Waals surface area (Å²) in [5, 5.41) is 19.3. The van der Waals surface area contributed by atoms with E-state index in [1.165, 1.54) is 12.1 Å². The van der Waals surface area contributed by atoms with Crippen molar-refractivity contribution in [2.24, 2.45) is 5.92 Å². The molecule has 0 radical (unpaired) electrons. The van der Waals surface area contributed by atoms with Gasteiger partial charge in [-0.1, -0.05) is 0 Å². The molecule has 0 spiro atoms. The smallest absolute Gasteiger partial charge is 0.337 e. The average molecular weight is 312 g/mol. The highest BCUT2D eigenvalue weighted by Gasteiger charge is 2.55. The second-order valence-electron chi connectivity index (χ2n) is 5.71. The lowest BCUT2D eigenvalue weighted by Crippen LogP contribution is -2.64. The van der Waals surface area contributed by atoms with Crippen molar-refractivity contribution < 1.29 is 23.4 Å². The molecule has 1 aromatic rings. The van der Waals surface area contributed by atoms with Gasteiger partial charge in [0.05, 0.1) is 16.1 Å². The monoisotopic (exact) mass is 312 g/mol. The third-order valence-electron chi connectivity index (χ3n) is 4.09. The summed E-state index contributed by atoms with van der Waals surface area (Å²) < 4.78 is 26.1. The van der Waals surface area contributed by atoms with Crippen LogP contribution in [0.25, 0.3) is 0 Å². The van der Waals surface area contributed by atoms with Gasteiger partial charge in [0, 0.05) is 18.8 Å². The maximum absolute atomic E-state index is 12.5. The van der Waals surface area contributed by atoms with Gasteiger partial charge in [0.2, 0.25) is 10.0 Å². The minimum atomic E-state index is -3.93. The molecule has 0 atom stereocenters. The second kappa shape index (κ2) is 4.43. The van der Waals surface area contributed by atoms with E-state index in [4.69, 9.17) is 10.8 Å². The van der Waals surface area contributed by atoms with Crippen molar-refractivity contribution >= 4 is 21.7 Å². The number of nitrogen functional groups attached to an aromatic ring is 1. The number of hydrogen-bond donors (Lipinski definition) is 3. The predicted molar refractivity (Wildman–Crippen MR) is 74.2 cm³/mol. The number of carboxylic acid groups (broad SMARTS) is 1. The molecule has 0 amide bonds. The van der Waals surface area contributed by atoms with Gasteiger partial charge in [0.1, 0.15) is 0 Å². The Morgan fingerprint density at radius 1 is 1.33 bits per heavy atom. The van der Waals surface area contributed by atoms with Crippen LogP contribution in [0.5, 0.6) is 0 Å². The first-order chi connectivity index (χ1) is 9.74. The first kappa shape index (κ1) is 14.3. The summed E-state index contributed by atoms with van der Waals surface area (Å²) in [7, 11) is -3.93. The van der Waals surface area contributed by atoms with Crippen molar-refractivity contribution in [3.8, 4) is 0 Å². The molecule has 1 aromatic carbocycles. The zero-order chi connectivity index (χ0) is 15.4. The lowest BCUT2D eigenvalue weighted by atomic mass is 9.91. The van der Waals surface area contributed by atoms with Crippen LogP contribution in [0, 0.1) is 5.92 Å². The number of anilines is 1. The molecule has 0 unspecified atom stereocenters. The van der Waals surface area contributed by atoms with E-state index in [1.807, 2.05) is 0 Å². The van der Waals surface area contributed by atoms with Crippen LogP contribution in [-0.2, 0) is 10.0 Å². The summed E-state index contributed by atoms with van der Waals surface area (Å²) >= 11 is 0. The number of carboxylic acids is 1. The number of β-amino-alcohol motifs (C(OH)–C–C–N with tert-alkyl or cyclic N) is 1. The lowest BCUT2D eigenvalue weighted by Gasteiger charge is -2.45. The molecule has 7 nitrogen and oxygen atoms in total. The zero-order valence-electron chi connectivity index (χ0n) is 11.2. The van der Waals surface area contributed by atoms with E-state index in [0.717, 1.165) is 23.2 Å². The average Bonchev–Trinajstić information content (AvgIpc) is 3.18. The van der Waals surface area contributed by atoms with Gasteiger partial charge in [-0.3, -0.25) is 0 Å². The number of aromatic carboxylic acids is 1. The second-order valence-corrected chi connectivity index (χ2v) is 7.62. The number of nitrogens with zero attached hydrogens (tertiary/aromatic N) is 1. The molecule has 1 heterocycles. The van der Waals surface area contributed by atoms with Crippen molar-refractivity contribution in [2.45, 2.75) is 23.3 Å². The van der Waals surface area contributed by atoms with Gasteiger partial charge in [0.15, 0.2) is 0 Å². The number of aliphatic hydroxyl groups is 1. The number of sulfonamides is 1. The van der Waals surface area contributed by atoms with Gasteiger partial charge >= 0.3 is 5.97 Å².